The fourth-order valence-corrected chi connectivity index (χ4v) is 1.92. The molecule has 2 rings (SSSR count). The van der Waals surface area contributed by atoms with Gasteiger partial charge in [0.2, 0.25) is 0 Å². The minimum absolute atomic E-state index is 0.301. The van der Waals surface area contributed by atoms with Gasteiger partial charge in [0, 0.05) is 5.69 Å². The van der Waals surface area contributed by atoms with E-state index in [1.807, 2.05) is 20.8 Å². The lowest BCUT2D eigenvalue weighted by Crippen LogP contribution is -1.97. The first-order valence-electron chi connectivity index (χ1n) is 6.02. The topological polar surface area (TPSA) is 81.5 Å². The first kappa shape index (κ1) is 13.1. The molecule has 0 aliphatic carbocycles. The van der Waals surface area contributed by atoms with Crippen molar-refractivity contribution in [3.8, 4) is 17.2 Å². The third kappa shape index (κ3) is 2.42. The van der Waals surface area contributed by atoms with Crippen molar-refractivity contribution in [2.75, 3.05) is 11.5 Å². The van der Waals surface area contributed by atoms with E-state index in [1.54, 1.807) is 24.3 Å². The highest BCUT2D eigenvalue weighted by molar-refractivity contribution is 5.62. The maximum absolute atomic E-state index is 9.87. The van der Waals surface area contributed by atoms with Crippen LogP contribution in [0.1, 0.15) is 16.7 Å². The molecule has 2 aromatic rings. The predicted octanol–water partition coefficient (Wildman–Crippen LogP) is 3.27. The second kappa shape index (κ2) is 4.72. The molecule has 0 bridgehead atoms. The van der Waals surface area contributed by atoms with Gasteiger partial charge in [-0.05, 0) is 61.7 Å². The van der Waals surface area contributed by atoms with Crippen molar-refractivity contribution in [2.24, 2.45) is 0 Å². The van der Waals surface area contributed by atoms with Crippen LogP contribution in [0.5, 0.6) is 17.2 Å². The first-order valence-corrected chi connectivity index (χ1v) is 6.02. The van der Waals surface area contributed by atoms with E-state index in [0.29, 0.717) is 28.6 Å². The third-order valence-corrected chi connectivity index (χ3v) is 3.26. The predicted molar refractivity (Wildman–Crippen MR) is 77.7 cm³/mol. The molecule has 0 amide bonds. The van der Waals surface area contributed by atoms with Gasteiger partial charge in [-0.15, -0.1) is 0 Å². The number of nitrogen functional groups attached to an aromatic ring is 2. The number of nitrogens with two attached hydrogens (primary N) is 2. The number of anilines is 2. The zero-order valence-electron chi connectivity index (χ0n) is 11.3. The summed E-state index contributed by atoms with van der Waals surface area (Å²) in [6.45, 7) is 5.59. The van der Waals surface area contributed by atoms with Gasteiger partial charge in [0.1, 0.15) is 17.2 Å². The fourth-order valence-electron chi connectivity index (χ4n) is 1.92. The highest BCUT2D eigenvalue weighted by Gasteiger charge is 2.12. The van der Waals surface area contributed by atoms with Crippen LogP contribution in [-0.4, -0.2) is 5.11 Å². The van der Waals surface area contributed by atoms with Crippen LogP contribution in [0, 0.1) is 20.8 Å². The van der Waals surface area contributed by atoms with E-state index in [9.17, 15) is 5.11 Å². The number of hydrogen-bond donors (Lipinski definition) is 3. The van der Waals surface area contributed by atoms with Gasteiger partial charge in [0.05, 0.1) is 5.69 Å². The minimum Gasteiger partial charge on any atom is -0.507 e. The molecule has 0 saturated carbocycles. The SMILES string of the molecule is Cc1cc(Oc2ccc(N)cc2N)c(C)c(C)c1O. The van der Waals surface area contributed by atoms with Crippen LogP contribution in [0.15, 0.2) is 24.3 Å². The van der Waals surface area contributed by atoms with Gasteiger partial charge in [-0.2, -0.15) is 0 Å². The summed E-state index contributed by atoms with van der Waals surface area (Å²) >= 11 is 0. The van der Waals surface area contributed by atoms with Gasteiger partial charge in [-0.25, -0.2) is 0 Å². The lowest BCUT2D eigenvalue weighted by atomic mass is 10.0. The van der Waals surface area contributed by atoms with Gasteiger partial charge < -0.3 is 21.3 Å². The molecule has 0 saturated heterocycles. The lowest BCUT2D eigenvalue weighted by molar-refractivity contribution is 0.454. The fraction of sp³-hybridized carbons (Fsp3) is 0.200. The molecular formula is C15H18N2O2. The number of phenols is 1. The average Bonchev–Trinajstić information content (AvgIpc) is 2.36. The molecular weight excluding hydrogens is 240 g/mol. The molecule has 2 aromatic carbocycles. The van der Waals surface area contributed by atoms with Crippen LogP contribution in [0.25, 0.3) is 0 Å². The van der Waals surface area contributed by atoms with Crippen LogP contribution >= 0.6 is 0 Å². The largest absolute Gasteiger partial charge is 0.507 e. The Labute approximate surface area is 112 Å². The molecule has 19 heavy (non-hydrogen) atoms. The zero-order valence-corrected chi connectivity index (χ0v) is 11.3. The Morgan fingerprint density at radius 2 is 1.63 bits per heavy atom. The van der Waals surface area contributed by atoms with Crippen molar-refractivity contribution in [2.45, 2.75) is 20.8 Å². The maximum atomic E-state index is 9.87. The minimum atomic E-state index is 0.301. The summed E-state index contributed by atoms with van der Waals surface area (Å²) in [7, 11) is 0. The summed E-state index contributed by atoms with van der Waals surface area (Å²) in [4.78, 5) is 0. The number of aryl methyl sites for hydroxylation is 1. The molecule has 0 unspecified atom stereocenters. The number of hydrogen-bond acceptors (Lipinski definition) is 4. The van der Waals surface area contributed by atoms with Gasteiger partial charge in [0.25, 0.3) is 0 Å². The zero-order chi connectivity index (χ0) is 14.2. The summed E-state index contributed by atoms with van der Waals surface area (Å²) in [5.74, 6) is 1.54. The van der Waals surface area contributed by atoms with Crippen LogP contribution in [0.2, 0.25) is 0 Å². The van der Waals surface area contributed by atoms with E-state index in [0.717, 1.165) is 16.7 Å². The van der Waals surface area contributed by atoms with Crippen molar-refractivity contribution < 1.29 is 9.84 Å². The number of benzene rings is 2. The van der Waals surface area contributed by atoms with Gasteiger partial charge in [-0.1, -0.05) is 0 Å². The molecule has 0 aliphatic rings. The Bertz CT molecular complexity index is 637. The quantitative estimate of drug-likeness (QED) is 0.722. The van der Waals surface area contributed by atoms with E-state index < -0.39 is 0 Å². The van der Waals surface area contributed by atoms with E-state index in [2.05, 4.69) is 0 Å². The standard InChI is InChI=1S/C15H18N2O2/c1-8-6-14(9(2)10(3)15(8)18)19-13-5-4-11(16)7-12(13)17/h4-7,18H,16-17H2,1-3H3. The molecule has 0 heterocycles. The van der Waals surface area contributed by atoms with Crippen molar-refractivity contribution in [3.63, 3.8) is 0 Å². The highest BCUT2D eigenvalue weighted by atomic mass is 16.5. The van der Waals surface area contributed by atoms with Crippen molar-refractivity contribution in [1.29, 1.82) is 0 Å². The monoisotopic (exact) mass is 258 g/mol. The molecule has 0 aromatic heterocycles. The van der Waals surface area contributed by atoms with Gasteiger partial charge in [-0.3, -0.25) is 0 Å². The van der Waals surface area contributed by atoms with E-state index in [1.165, 1.54) is 0 Å². The van der Waals surface area contributed by atoms with Gasteiger partial charge >= 0.3 is 0 Å². The third-order valence-electron chi connectivity index (χ3n) is 3.26. The molecule has 0 aliphatic heterocycles. The second-order valence-corrected chi connectivity index (χ2v) is 4.69. The molecule has 0 spiro atoms. The van der Waals surface area contributed by atoms with Crippen LogP contribution in [-0.2, 0) is 0 Å². The number of rotatable bonds is 2. The molecule has 4 nitrogen and oxygen atoms in total. The summed E-state index contributed by atoms with van der Waals surface area (Å²) in [5.41, 5.74) is 15.1. The second-order valence-electron chi connectivity index (χ2n) is 4.69. The maximum Gasteiger partial charge on any atom is 0.150 e. The van der Waals surface area contributed by atoms with Crippen molar-refractivity contribution in [1.82, 2.24) is 0 Å². The number of phenolic OH excluding ortho intramolecular Hbond substituents is 1. The Kier molecular flexibility index (Phi) is 3.25. The summed E-state index contributed by atoms with van der Waals surface area (Å²) < 4.78 is 5.82. The molecule has 0 fully saturated rings. The smallest absolute Gasteiger partial charge is 0.150 e. The first-order chi connectivity index (χ1) is 8.90. The molecule has 4 heteroatoms. The highest BCUT2D eigenvalue weighted by Crippen LogP contribution is 2.36. The van der Waals surface area contributed by atoms with Gasteiger partial charge in [0.15, 0.2) is 0 Å². The Morgan fingerprint density at radius 3 is 2.26 bits per heavy atom. The Hall–Kier alpha value is -2.36. The lowest BCUT2D eigenvalue weighted by Gasteiger charge is -2.15. The van der Waals surface area contributed by atoms with Crippen LogP contribution in [0.4, 0.5) is 11.4 Å². The van der Waals surface area contributed by atoms with E-state index >= 15 is 0 Å². The van der Waals surface area contributed by atoms with E-state index in [-0.39, 0.29) is 0 Å². The van der Waals surface area contributed by atoms with Crippen LogP contribution < -0.4 is 16.2 Å². The average molecular weight is 258 g/mol. The van der Waals surface area contributed by atoms with Crippen LogP contribution in [0.3, 0.4) is 0 Å². The van der Waals surface area contributed by atoms with E-state index in [4.69, 9.17) is 16.2 Å². The Balaban J connectivity index is 2.44. The summed E-state index contributed by atoms with van der Waals surface area (Å²) in [5, 5.41) is 9.87. The summed E-state index contributed by atoms with van der Waals surface area (Å²) in [6, 6.07) is 6.93. The van der Waals surface area contributed by atoms with Crippen molar-refractivity contribution in [3.05, 3.63) is 41.0 Å². The molecule has 0 atom stereocenters. The normalized spacial score (nSPS) is 10.5. The Morgan fingerprint density at radius 1 is 0.947 bits per heavy atom. The molecule has 0 radical (unpaired) electrons. The summed E-state index contributed by atoms with van der Waals surface area (Å²) in [6.07, 6.45) is 0. The van der Waals surface area contributed by atoms with Crippen molar-refractivity contribution >= 4 is 11.4 Å². The molecule has 5 N–H and O–H groups in total. The number of aromatic hydroxyl groups is 1. The molecule has 100 valence electrons. The number of ether oxygens (including phenoxy) is 1.